The molecule has 18 heteroatoms. The van der Waals surface area contributed by atoms with Crippen molar-refractivity contribution < 1.29 is 69.3 Å². The monoisotopic (exact) mass is 678 g/mol. The van der Waals surface area contributed by atoms with E-state index in [1.807, 2.05) is 0 Å². The number of nitrogens with zero attached hydrogens (tertiary/aromatic N) is 2. The molecule has 5 unspecified atom stereocenters. The standard InChI is InChI=1S/C29H50N4O14/c1-17(8-12-34)14-21(36)32(43)10-4-6-18-26(40)31-19(27(41)30-18)7-5-11-33(44)22(37)15-29(2,42)9-13-46-28-24(39)23(38)25(45-3)20(16-35)47-28/h14,18-20,23-25,28,34-35,38-39,42-44H,4-13,15-16H2,1-3H3,(H,30,41)(H,31,40)/b17-14+/t18-,19-,20?,23?,24?,25?,28?,29-/m0/s1. The van der Waals surface area contributed by atoms with E-state index in [2.05, 4.69) is 10.6 Å². The number of hydroxylamine groups is 4. The van der Waals surface area contributed by atoms with Crippen LogP contribution in [0.1, 0.15) is 58.8 Å². The molecule has 4 amide bonds. The number of hydrogen-bond acceptors (Lipinski definition) is 14. The van der Waals surface area contributed by atoms with Crippen molar-refractivity contribution in [1.29, 1.82) is 0 Å². The molecule has 0 aliphatic carbocycles. The second-order valence-corrected chi connectivity index (χ2v) is 12.1. The molecule has 0 spiro atoms. The Morgan fingerprint density at radius 1 is 1.00 bits per heavy atom. The zero-order valence-electron chi connectivity index (χ0n) is 27.0. The first kappa shape index (κ1) is 40.4. The molecule has 0 aromatic carbocycles. The molecule has 2 fully saturated rings. The van der Waals surface area contributed by atoms with Gasteiger partial charge in [0.1, 0.15) is 36.5 Å². The van der Waals surface area contributed by atoms with E-state index in [1.54, 1.807) is 6.92 Å². The van der Waals surface area contributed by atoms with Crippen LogP contribution in [0.2, 0.25) is 0 Å². The molecular formula is C29H50N4O14. The Morgan fingerprint density at radius 3 is 2.11 bits per heavy atom. The van der Waals surface area contributed by atoms with E-state index in [0.717, 1.165) is 0 Å². The van der Waals surface area contributed by atoms with E-state index in [-0.39, 0.29) is 58.4 Å². The number of methoxy groups -OCH3 is 1. The number of hydrogen-bond donors (Lipinski definition) is 9. The van der Waals surface area contributed by atoms with Crippen LogP contribution < -0.4 is 10.6 Å². The van der Waals surface area contributed by atoms with Crippen molar-refractivity contribution in [2.45, 2.75) is 107 Å². The van der Waals surface area contributed by atoms with E-state index in [4.69, 9.17) is 19.3 Å². The molecule has 0 radical (unpaired) electrons. The fraction of sp³-hybridized carbons (Fsp3) is 0.793. The molecule has 9 N–H and O–H groups in total. The summed E-state index contributed by atoms with van der Waals surface area (Å²) in [5, 5.41) is 75.6. The van der Waals surface area contributed by atoms with Gasteiger partial charge in [-0.05, 0) is 52.4 Å². The second-order valence-electron chi connectivity index (χ2n) is 12.1. The summed E-state index contributed by atoms with van der Waals surface area (Å²) < 4.78 is 15.9. The molecule has 0 aromatic rings. The Balaban J connectivity index is 1.70. The van der Waals surface area contributed by atoms with Crippen LogP contribution in [-0.2, 0) is 33.4 Å². The van der Waals surface area contributed by atoms with Crippen molar-refractivity contribution in [3.63, 3.8) is 0 Å². The van der Waals surface area contributed by atoms with Crippen molar-refractivity contribution >= 4 is 23.6 Å². The maximum atomic E-state index is 12.5. The van der Waals surface area contributed by atoms with Gasteiger partial charge in [0.25, 0.3) is 5.91 Å². The molecular weight excluding hydrogens is 628 g/mol. The first-order valence-electron chi connectivity index (χ1n) is 15.5. The summed E-state index contributed by atoms with van der Waals surface area (Å²) in [4.78, 5) is 49.5. The van der Waals surface area contributed by atoms with Crippen LogP contribution in [0.15, 0.2) is 11.6 Å². The average molecular weight is 679 g/mol. The zero-order chi connectivity index (χ0) is 35.3. The molecule has 0 saturated carbocycles. The number of aliphatic hydroxyl groups is 5. The highest BCUT2D eigenvalue weighted by Crippen LogP contribution is 2.25. The molecule has 0 bridgehead atoms. The summed E-state index contributed by atoms with van der Waals surface area (Å²) in [6.45, 7) is 1.89. The number of amides is 4. The fourth-order valence-corrected chi connectivity index (χ4v) is 5.12. The van der Waals surface area contributed by atoms with Crippen LogP contribution in [0, 0.1) is 0 Å². The minimum absolute atomic E-state index is 0.0758. The average Bonchev–Trinajstić information content (AvgIpc) is 3.00. The normalized spacial score (nSPS) is 27.9. The number of piperazine rings is 1. The molecule has 18 nitrogen and oxygen atoms in total. The third-order valence-corrected chi connectivity index (χ3v) is 7.96. The van der Waals surface area contributed by atoms with Crippen molar-refractivity contribution in [2.75, 3.05) is 40.0 Å². The van der Waals surface area contributed by atoms with Crippen LogP contribution in [0.5, 0.6) is 0 Å². The quantitative estimate of drug-likeness (QED) is 0.0382. The smallest absolute Gasteiger partial charge is 0.269 e. The zero-order valence-corrected chi connectivity index (χ0v) is 27.0. The van der Waals surface area contributed by atoms with Crippen LogP contribution in [0.25, 0.3) is 0 Å². The van der Waals surface area contributed by atoms with E-state index >= 15 is 0 Å². The largest absolute Gasteiger partial charge is 0.396 e. The first-order chi connectivity index (χ1) is 22.1. The molecule has 2 saturated heterocycles. The van der Waals surface area contributed by atoms with Gasteiger partial charge in [-0.25, -0.2) is 10.1 Å². The molecule has 2 rings (SSSR count). The van der Waals surface area contributed by atoms with Gasteiger partial charge in [-0.15, -0.1) is 0 Å². The van der Waals surface area contributed by atoms with Gasteiger partial charge < -0.3 is 50.4 Å². The lowest BCUT2D eigenvalue weighted by molar-refractivity contribution is -0.305. The van der Waals surface area contributed by atoms with Crippen LogP contribution in [-0.4, -0.2) is 158 Å². The number of carbonyl (C=O) groups excluding carboxylic acids is 4. The fourth-order valence-electron chi connectivity index (χ4n) is 5.12. The Hall–Kier alpha value is -2.78. The summed E-state index contributed by atoms with van der Waals surface area (Å²) in [5.41, 5.74) is -1.04. The maximum absolute atomic E-state index is 12.5. The lowest BCUT2D eigenvalue weighted by Crippen LogP contribution is -2.61. The topological polar surface area (TPSA) is 268 Å². The number of ether oxygens (including phenoxy) is 3. The third-order valence-electron chi connectivity index (χ3n) is 7.96. The summed E-state index contributed by atoms with van der Waals surface area (Å²) >= 11 is 0. The van der Waals surface area contributed by atoms with Crippen LogP contribution in [0.3, 0.4) is 0 Å². The molecule has 270 valence electrons. The van der Waals surface area contributed by atoms with Gasteiger partial charge >= 0.3 is 0 Å². The van der Waals surface area contributed by atoms with Crippen LogP contribution >= 0.6 is 0 Å². The summed E-state index contributed by atoms with van der Waals surface area (Å²) in [6.07, 6.45) is -4.64. The molecule has 8 atom stereocenters. The Bertz CT molecular complexity index is 1070. The highest BCUT2D eigenvalue weighted by Gasteiger charge is 2.45. The van der Waals surface area contributed by atoms with Gasteiger partial charge in [0, 0.05) is 32.9 Å². The lowest BCUT2D eigenvalue weighted by atomic mass is 9.97. The minimum atomic E-state index is -1.64. The van der Waals surface area contributed by atoms with Gasteiger partial charge in [0.05, 0.1) is 25.2 Å². The summed E-state index contributed by atoms with van der Waals surface area (Å²) in [5.74, 6) is -2.38. The van der Waals surface area contributed by atoms with E-state index in [9.17, 15) is 50.0 Å². The summed E-state index contributed by atoms with van der Waals surface area (Å²) in [6, 6.07) is -1.77. The van der Waals surface area contributed by atoms with Gasteiger partial charge in [0.2, 0.25) is 17.7 Å². The van der Waals surface area contributed by atoms with Gasteiger partial charge in [-0.2, -0.15) is 0 Å². The predicted octanol–water partition coefficient (Wildman–Crippen LogP) is -2.70. The predicted molar refractivity (Wildman–Crippen MR) is 159 cm³/mol. The molecule has 0 aromatic heterocycles. The van der Waals surface area contributed by atoms with Gasteiger partial charge in [-0.3, -0.25) is 29.6 Å². The van der Waals surface area contributed by atoms with E-state index in [0.29, 0.717) is 22.1 Å². The molecule has 2 heterocycles. The highest BCUT2D eigenvalue weighted by molar-refractivity contribution is 5.96. The van der Waals surface area contributed by atoms with Gasteiger partial charge in [-0.1, -0.05) is 5.57 Å². The second kappa shape index (κ2) is 19.3. The number of carbonyl (C=O) groups is 4. The highest BCUT2D eigenvalue weighted by atomic mass is 16.7. The van der Waals surface area contributed by atoms with Crippen molar-refractivity contribution in [1.82, 2.24) is 20.8 Å². The summed E-state index contributed by atoms with van der Waals surface area (Å²) in [7, 11) is 1.29. The Morgan fingerprint density at radius 2 is 1.57 bits per heavy atom. The van der Waals surface area contributed by atoms with E-state index in [1.165, 1.54) is 20.1 Å². The van der Waals surface area contributed by atoms with Crippen molar-refractivity contribution in [3.05, 3.63) is 11.6 Å². The molecule has 47 heavy (non-hydrogen) atoms. The number of nitrogens with one attached hydrogen (secondary N) is 2. The SMILES string of the molecule is COC1C(CO)OC(OCC[C@](C)(O)CC(=O)N(O)CCC[C@@H]2NC(=O)[C@H](CCCN(O)C(=O)/C=C(\C)CCO)NC2=O)C(O)C1O. The lowest BCUT2D eigenvalue weighted by Gasteiger charge is -2.41. The third kappa shape index (κ3) is 12.6. The first-order valence-corrected chi connectivity index (χ1v) is 15.5. The minimum Gasteiger partial charge on any atom is -0.396 e. The molecule has 2 aliphatic rings. The number of rotatable bonds is 19. The maximum Gasteiger partial charge on any atom is 0.269 e. The Kier molecular flexibility index (Phi) is 16.6. The van der Waals surface area contributed by atoms with Crippen molar-refractivity contribution in [2.24, 2.45) is 0 Å². The van der Waals surface area contributed by atoms with Crippen molar-refractivity contribution in [3.8, 4) is 0 Å². The van der Waals surface area contributed by atoms with Crippen LogP contribution in [0.4, 0.5) is 0 Å². The van der Waals surface area contributed by atoms with E-state index < -0.39 is 85.0 Å². The Labute approximate surface area is 272 Å². The van der Waals surface area contributed by atoms with Gasteiger partial charge in [0.15, 0.2) is 6.29 Å². The molecule has 2 aliphatic heterocycles. The number of aliphatic hydroxyl groups excluding tert-OH is 4.